The maximum atomic E-state index is 11.0. The van der Waals surface area contributed by atoms with Crippen LogP contribution >= 0.6 is 0 Å². The zero-order valence-electron chi connectivity index (χ0n) is 14.5. The summed E-state index contributed by atoms with van der Waals surface area (Å²) in [7, 11) is 0. The van der Waals surface area contributed by atoms with E-state index in [9.17, 15) is 15.4 Å². The molecule has 134 valence electrons. The molecular weight excluding hydrogens is 332 g/mol. The summed E-state index contributed by atoms with van der Waals surface area (Å²) < 4.78 is 2.24. The molecule has 8 nitrogen and oxygen atoms in total. The van der Waals surface area contributed by atoms with E-state index in [2.05, 4.69) is 25.7 Å². The lowest BCUT2D eigenvalue weighted by Gasteiger charge is -2.27. The van der Waals surface area contributed by atoms with Gasteiger partial charge in [0, 0.05) is 31.6 Å². The van der Waals surface area contributed by atoms with Crippen molar-refractivity contribution >= 4 is 11.4 Å². The molecule has 0 amide bonds. The Balaban J connectivity index is 1.71. The average molecular weight is 352 g/mol. The number of nitro groups is 1. The van der Waals surface area contributed by atoms with Crippen LogP contribution in [0.15, 0.2) is 18.2 Å². The van der Waals surface area contributed by atoms with Crippen LogP contribution in [-0.2, 0) is 13.0 Å². The number of anilines is 1. The van der Waals surface area contributed by atoms with Gasteiger partial charge in [0.05, 0.1) is 22.2 Å². The van der Waals surface area contributed by atoms with Crippen LogP contribution in [0.25, 0.3) is 0 Å². The zero-order chi connectivity index (χ0) is 18.1. The van der Waals surface area contributed by atoms with Crippen LogP contribution in [0.4, 0.5) is 11.4 Å². The number of nitro benzene ring substituents is 1. The Morgan fingerprint density at radius 2 is 2.08 bits per heavy atom. The Labute approximate surface area is 151 Å². The molecule has 0 saturated carbocycles. The van der Waals surface area contributed by atoms with E-state index in [1.807, 2.05) is 0 Å². The molecular formula is C18H20N6O2. The lowest BCUT2D eigenvalue weighted by Crippen LogP contribution is -2.26. The molecule has 0 N–H and O–H groups in total. The van der Waals surface area contributed by atoms with E-state index in [1.54, 1.807) is 6.07 Å². The van der Waals surface area contributed by atoms with Crippen LogP contribution < -0.4 is 4.90 Å². The van der Waals surface area contributed by atoms with E-state index in [4.69, 9.17) is 0 Å². The van der Waals surface area contributed by atoms with Gasteiger partial charge in [0.1, 0.15) is 11.9 Å². The van der Waals surface area contributed by atoms with Crippen LogP contribution in [0.5, 0.6) is 0 Å². The van der Waals surface area contributed by atoms with Crippen molar-refractivity contribution < 1.29 is 4.92 Å². The fourth-order valence-electron chi connectivity index (χ4n) is 4.06. The Bertz CT molecular complexity index is 884. The first-order valence-corrected chi connectivity index (χ1v) is 9.06. The molecule has 2 aromatic rings. The standard InChI is InChI=1S/C18H20N6O2/c19-12-13-11-14(24(25)26)7-8-15(13)22-10-4-5-16(22)18-21-20-17-6-2-1-3-9-23(17)18/h7-8,11,16H,1-6,9-10H2/t16-/m0/s1. The highest BCUT2D eigenvalue weighted by molar-refractivity contribution is 5.64. The van der Waals surface area contributed by atoms with Gasteiger partial charge in [-0.2, -0.15) is 5.26 Å². The number of aryl methyl sites for hydroxylation is 1. The average Bonchev–Trinajstić information content (AvgIpc) is 3.21. The molecule has 1 fully saturated rings. The monoisotopic (exact) mass is 352 g/mol. The predicted molar refractivity (Wildman–Crippen MR) is 94.7 cm³/mol. The predicted octanol–water partition coefficient (Wildman–Crippen LogP) is 3.13. The maximum Gasteiger partial charge on any atom is 0.270 e. The third-order valence-corrected chi connectivity index (χ3v) is 5.31. The molecule has 1 atom stereocenters. The van der Waals surface area contributed by atoms with Gasteiger partial charge in [0.15, 0.2) is 5.82 Å². The Morgan fingerprint density at radius 3 is 2.88 bits per heavy atom. The minimum atomic E-state index is -0.468. The minimum absolute atomic E-state index is 0.0580. The molecule has 0 unspecified atom stereocenters. The maximum absolute atomic E-state index is 11.0. The Morgan fingerprint density at radius 1 is 1.19 bits per heavy atom. The number of benzene rings is 1. The van der Waals surface area contributed by atoms with Gasteiger partial charge in [0.2, 0.25) is 0 Å². The molecule has 2 aliphatic heterocycles. The molecule has 4 rings (SSSR count). The van der Waals surface area contributed by atoms with E-state index in [0.717, 1.165) is 62.5 Å². The SMILES string of the molecule is N#Cc1cc([N+](=O)[O-])ccc1N1CCC[C@H]1c1nnc2n1CCCCC2. The van der Waals surface area contributed by atoms with Crippen molar-refractivity contribution in [2.45, 2.75) is 51.1 Å². The third-order valence-electron chi connectivity index (χ3n) is 5.31. The summed E-state index contributed by atoms with van der Waals surface area (Å²) in [5.74, 6) is 2.01. The number of aromatic nitrogens is 3. The van der Waals surface area contributed by atoms with Gasteiger partial charge in [0.25, 0.3) is 5.69 Å². The summed E-state index contributed by atoms with van der Waals surface area (Å²) in [4.78, 5) is 12.7. The molecule has 1 saturated heterocycles. The second-order valence-electron chi connectivity index (χ2n) is 6.86. The van der Waals surface area contributed by atoms with Crippen molar-refractivity contribution in [1.82, 2.24) is 14.8 Å². The number of hydrogen-bond donors (Lipinski definition) is 0. The second kappa shape index (κ2) is 6.75. The quantitative estimate of drug-likeness (QED) is 0.621. The van der Waals surface area contributed by atoms with Crippen molar-refractivity contribution in [1.29, 1.82) is 5.26 Å². The summed E-state index contributed by atoms with van der Waals surface area (Å²) in [6.45, 7) is 1.74. The highest BCUT2D eigenvalue weighted by atomic mass is 16.6. The fraction of sp³-hybridized carbons (Fsp3) is 0.500. The first-order valence-electron chi connectivity index (χ1n) is 9.06. The van der Waals surface area contributed by atoms with Gasteiger partial charge in [-0.3, -0.25) is 10.1 Å². The number of nitrogens with zero attached hydrogens (tertiary/aromatic N) is 6. The van der Waals surface area contributed by atoms with Crippen LogP contribution in [0.3, 0.4) is 0 Å². The largest absolute Gasteiger partial charge is 0.360 e. The molecule has 8 heteroatoms. The zero-order valence-corrected chi connectivity index (χ0v) is 14.5. The van der Waals surface area contributed by atoms with Crippen molar-refractivity contribution in [2.75, 3.05) is 11.4 Å². The van der Waals surface area contributed by atoms with Gasteiger partial charge >= 0.3 is 0 Å². The number of non-ortho nitro benzene ring substituents is 1. The molecule has 0 bridgehead atoms. The van der Waals surface area contributed by atoms with E-state index in [-0.39, 0.29) is 11.7 Å². The van der Waals surface area contributed by atoms with E-state index < -0.39 is 4.92 Å². The van der Waals surface area contributed by atoms with Gasteiger partial charge in [-0.15, -0.1) is 10.2 Å². The van der Waals surface area contributed by atoms with Crippen molar-refractivity contribution in [3.63, 3.8) is 0 Å². The normalized spacial score (nSPS) is 19.7. The summed E-state index contributed by atoms with van der Waals surface area (Å²) in [5.41, 5.74) is 1.02. The minimum Gasteiger partial charge on any atom is -0.360 e. The summed E-state index contributed by atoms with van der Waals surface area (Å²) >= 11 is 0. The highest BCUT2D eigenvalue weighted by Crippen LogP contribution is 2.38. The molecule has 0 aliphatic carbocycles. The van der Waals surface area contributed by atoms with Gasteiger partial charge in [-0.05, 0) is 31.7 Å². The van der Waals surface area contributed by atoms with E-state index in [1.165, 1.54) is 18.6 Å². The van der Waals surface area contributed by atoms with Crippen molar-refractivity contribution in [2.24, 2.45) is 0 Å². The molecule has 3 heterocycles. The molecule has 1 aromatic carbocycles. The first-order chi connectivity index (χ1) is 12.7. The number of rotatable bonds is 3. The summed E-state index contributed by atoms with van der Waals surface area (Å²) in [5, 5.41) is 29.4. The molecule has 2 aliphatic rings. The van der Waals surface area contributed by atoms with Crippen molar-refractivity contribution in [3.8, 4) is 6.07 Å². The fourth-order valence-corrected chi connectivity index (χ4v) is 4.06. The lowest BCUT2D eigenvalue weighted by molar-refractivity contribution is -0.384. The van der Waals surface area contributed by atoms with Crippen LogP contribution in [0.1, 0.15) is 55.4 Å². The van der Waals surface area contributed by atoms with Crippen molar-refractivity contribution in [3.05, 3.63) is 45.5 Å². The Kier molecular flexibility index (Phi) is 4.29. The molecule has 0 spiro atoms. The molecule has 0 radical (unpaired) electrons. The van der Waals surface area contributed by atoms with Gasteiger partial charge in [-0.1, -0.05) is 6.42 Å². The van der Waals surface area contributed by atoms with Crippen LogP contribution in [0.2, 0.25) is 0 Å². The third kappa shape index (κ3) is 2.79. The summed E-state index contributed by atoms with van der Waals surface area (Å²) in [6.07, 6.45) is 6.38. The van der Waals surface area contributed by atoms with Crippen LogP contribution in [-0.4, -0.2) is 26.2 Å². The number of nitriles is 1. The molecule has 1 aromatic heterocycles. The first kappa shape index (κ1) is 16.5. The van der Waals surface area contributed by atoms with Gasteiger partial charge < -0.3 is 9.47 Å². The lowest BCUT2D eigenvalue weighted by atomic mass is 10.1. The number of hydrogen-bond acceptors (Lipinski definition) is 6. The van der Waals surface area contributed by atoms with Crippen LogP contribution in [0, 0.1) is 21.4 Å². The van der Waals surface area contributed by atoms with Gasteiger partial charge in [-0.25, -0.2) is 0 Å². The Hall–Kier alpha value is -2.95. The highest BCUT2D eigenvalue weighted by Gasteiger charge is 2.33. The smallest absolute Gasteiger partial charge is 0.270 e. The topological polar surface area (TPSA) is 101 Å². The van der Waals surface area contributed by atoms with E-state index in [0.29, 0.717) is 5.56 Å². The second-order valence-corrected chi connectivity index (χ2v) is 6.86. The summed E-state index contributed by atoms with van der Waals surface area (Å²) in [6, 6.07) is 6.69. The molecule has 26 heavy (non-hydrogen) atoms. The number of fused-ring (bicyclic) bond motifs is 1. The van der Waals surface area contributed by atoms with E-state index >= 15 is 0 Å².